The molecule has 7 heteroatoms. The van der Waals surface area contributed by atoms with E-state index in [-0.39, 0.29) is 26.1 Å². The van der Waals surface area contributed by atoms with Gasteiger partial charge in [0, 0.05) is 6.42 Å². The lowest BCUT2D eigenvalue weighted by atomic mass is 10.3. The Hall–Kier alpha value is -0.660. The van der Waals surface area contributed by atoms with Crippen LogP contribution in [-0.2, 0) is 19.6 Å². The average molecular weight is 212 g/mol. The van der Waals surface area contributed by atoms with Crippen LogP contribution >= 0.6 is 0 Å². The first-order valence-electron chi connectivity index (χ1n) is 3.67. The molecule has 0 atom stereocenters. The summed E-state index contributed by atoms with van der Waals surface area (Å²) < 4.78 is 33.1. The van der Waals surface area contributed by atoms with Crippen molar-refractivity contribution in [2.75, 3.05) is 19.0 Å². The van der Waals surface area contributed by atoms with E-state index in [4.69, 9.17) is 9.66 Å². The fourth-order valence-electron chi connectivity index (χ4n) is 0.631. The van der Waals surface area contributed by atoms with Gasteiger partial charge in [-0.2, -0.15) is 8.42 Å². The SMILES string of the molecule is O=C(CCCS(=O)(=O)O)OCCO. The minimum absolute atomic E-state index is 0.0170. The minimum atomic E-state index is -4.00. The van der Waals surface area contributed by atoms with Gasteiger partial charge in [0.1, 0.15) is 6.61 Å². The van der Waals surface area contributed by atoms with Crippen LogP contribution in [-0.4, -0.2) is 43.0 Å². The van der Waals surface area contributed by atoms with Gasteiger partial charge in [-0.05, 0) is 6.42 Å². The predicted octanol–water partition coefficient (Wildman–Crippen LogP) is -0.810. The number of aliphatic hydroxyl groups excluding tert-OH is 1. The lowest BCUT2D eigenvalue weighted by molar-refractivity contribution is -0.144. The van der Waals surface area contributed by atoms with Crippen molar-refractivity contribution in [3.8, 4) is 0 Å². The van der Waals surface area contributed by atoms with E-state index < -0.39 is 21.8 Å². The number of esters is 1. The molecule has 0 aromatic carbocycles. The number of ether oxygens (including phenoxy) is 1. The molecule has 0 amide bonds. The van der Waals surface area contributed by atoms with Crippen molar-refractivity contribution in [2.45, 2.75) is 12.8 Å². The van der Waals surface area contributed by atoms with Crippen LogP contribution in [0.2, 0.25) is 0 Å². The summed E-state index contributed by atoms with van der Waals surface area (Å²) >= 11 is 0. The molecule has 0 radical (unpaired) electrons. The standard InChI is InChI=1S/C6H12O6S/c7-3-4-12-6(8)2-1-5-13(9,10)11/h7H,1-5H2,(H,9,10,11). The zero-order chi connectivity index (χ0) is 10.3. The third-order valence-electron chi connectivity index (χ3n) is 1.14. The molecule has 0 spiro atoms. The maximum absolute atomic E-state index is 10.7. The van der Waals surface area contributed by atoms with Crippen molar-refractivity contribution >= 4 is 16.1 Å². The fourth-order valence-corrected chi connectivity index (χ4v) is 1.14. The van der Waals surface area contributed by atoms with Crippen LogP contribution in [0.3, 0.4) is 0 Å². The van der Waals surface area contributed by atoms with Crippen LogP contribution < -0.4 is 0 Å². The summed E-state index contributed by atoms with van der Waals surface area (Å²) in [4.78, 5) is 10.7. The van der Waals surface area contributed by atoms with E-state index >= 15 is 0 Å². The van der Waals surface area contributed by atoms with Gasteiger partial charge < -0.3 is 9.84 Å². The van der Waals surface area contributed by atoms with Crippen molar-refractivity contribution in [2.24, 2.45) is 0 Å². The first-order valence-corrected chi connectivity index (χ1v) is 5.28. The second-order valence-electron chi connectivity index (χ2n) is 2.33. The zero-order valence-electron chi connectivity index (χ0n) is 6.97. The van der Waals surface area contributed by atoms with Crippen LogP contribution in [0, 0.1) is 0 Å². The molecule has 0 saturated carbocycles. The molecule has 6 nitrogen and oxygen atoms in total. The molecule has 0 aliphatic carbocycles. The van der Waals surface area contributed by atoms with E-state index in [1.54, 1.807) is 0 Å². The van der Waals surface area contributed by atoms with Gasteiger partial charge in [-0.3, -0.25) is 9.35 Å². The Labute approximate surface area is 76.3 Å². The third-order valence-corrected chi connectivity index (χ3v) is 1.94. The van der Waals surface area contributed by atoms with Crippen LogP contribution in [0.25, 0.3) is 0 Å². The van der Waals surface area contributed by atoms with Crippen molar-refractivity contribution in [1.29, 1.82) is 0 Å². The maximum Gasteiger partial charge on any atom is 0.305 e. The van der Waals surface area contributed by atoms with E-state index in [1.165, 1.54) is 0 Å². The summed E-state index contributed by atoms with van der Waals surface area (Å²) in [6, 6.07) is 0. The molecule has 0 heterocycles. The monoisotopic (exact) mass is 212 g/mol. The van der Waals surface area contributed by atoms with E-state index in [9.17, 15) is 13.2 Å². The van der Waals surface area contributed by atoms with Crippen molar-refractivity contribution in [3.05, 3.63) is 0 Å². The Bertz CT molecular complexity index is 244. The van der Waals surface area contributed by atoms with Gasteiger partial charge >= 0.3 is 5.97 Å². The quantitative estimate of drug-likeness (QED) is 0.441. The van der Waals surface area contributed by atoms with Crippen LogP contribution in [0.1, 0.15) is 12.8 Å². The largest absolute Gasteiger partial charge is 0.463 e. The predicted molar refractivity (Wildman–Crippen MR) is 43.7 cm³/mol. The van der Waals surface area contributed by atoms with Gasteiger partial charge in [-0.25, -0.2) is 0 Å². The van der Waals surface area contributed by atoms with E-state index in [0.29, 0.717) is 0 Å². The number of rotatable bonds is 6. The number of hydrogen-bond acceptors (Lipinski definition) is 5. The maximum atomic E-state index is 10.7. The minimum Gasteiger partial charge on any atom is -0.463 e. The number of aliphatic hydroxyl groups is 1. The zero-order valence-corrected chi connectivity index (χ0v) is 7.79. The number of hydrogen-bond donors (Lipinski definition) is 2. The molecule has 0 bridgehead atoms. The first-order chi connectivity index (χ1) is 5.95. The molecule has 13 heavy (non-hydrogen) atoms. The molecular weight excluding hydrogens is 200 g/mol. The fraction of sp³-hybridized carbons (Fsp3) is 0.833. The van der Waals surface area contributed by atoms with Crippen molar-refractivity contribution in [1.82, 2.24) is 0 Å². The summed E-state index contributed by atoms with van der Waals surface area (Å²) in [6.07, 6.45) is -0.0666. The van der Waals surface area contributed by atoms with Crippen molar-refractivity contribution in [3.63, 3.8) is 0 Å². The van der Waals surface area contributed by atoms with E-state index in [2.05, 4.69) is 4.74 Å². The van der Waals surface area contributed by atoms with E-state index in [0.717, 1.165) is 0 Å². The molecule has 0 rings (SSSR count). The average Bonchev–Trinajstić information content (AvgIpc) is 1.98. The summed E-state index contributed by atoms with van der Waals surface area (Å²) in [6.45, 7) is -0.352. The lowest BCUT2D eigenvalue weighted by Crippen LogP contribution is -2.11. The summed E-state index contributed by atoms with van der Waals surface area (Å²) in [5.41, 5.74) is 0. The molecule has 0 aromatic rings. The van der Waals surface area contributed by atoms with Gasteiger partial charge in [-0.15, -0.1) is 0 Å². The van der Waals surface area contributed by atoms with Gasteiger partial charge in [0.15, 0.2) is 0 Å². The molecule has 0 fully saturated rings. The summed E-state index contributed by atoms with van der Waals surface area (Å²) in [5.74, 6) is -1.04. The van der Waals surface area contributed by atoms with Crippen molar-refractivity contribution < 1.29 is 27.6 Å². The second kappa shape index (κ2) is 5.90. The highest BCUT2D eigenvalue weighted by Gasteiger charge is 2.07. The lowest BCUT2D eigenvalue weighted by Gasteiger charge is -2.01. The Morgan fingerprint density at radius 3 is 2.46 bits per heavy atom. The summed E-state index contributed by atoms with van der Waals surface area (Å²) in [7, 11) is -4.00. The van der Waals surface area contributed by atoms with Gasteiger partial charge in [0.05, 0.1) is 12.4 Å². The molecule has 0 aliphatic rings. The highest BCUT2D eigenvalue weighted by Crippen LogP contribution is 1.96. The topological polar surface area (TPSA) is 101 Å². The van der Waals surface area contributed by atoms with Gasteiger partial charge in [0.25, 0.3) is 10.1 Å². The Morgan fingerprint density at radius 1 is 1.38 bits per heavy atom. The Morgan fingerprint density at radius 2 is 2.00 bits per heavy atom. The highest BCUT2D eigenvalue weighted by molar-refractivity contribution is 7.85. The van der Waals surface area contributed by atoms with Crippen LogP contribution in [0.15, 0.2) is 0 Å². The van der Waals surface area contributed by atoms with Crippen LogP contribution in [0.4, 0.5) is 0 Å². The third kappa shape index (κ3) is 9.25. The number of carbonyl (C=O) groups is 1. The normalized spacial score (nSPS) is 11.2. The van der Waals surface area contributed by atoms with Gasteiger partial charge in [0.2, 0.25) is 0 Å². The molecule has 0 aliphatic heterocycles. The highest BCUT2D eigenvalue weighted by atomic mass is 32.2. The molecule has 0 saturated heterocycles. The molecule has 0 unspecified atom stereocenters. The van der Waals surface area contributed by atoms with Gasteiger partial charge in [-0.1, -0.05) is 0 Å². The number of carbonyl (C=O) groups excluding carboxylic acids is 1. The Balaban J connectivity index is 3.49. The van der Waals surface area contributed by atoms with E-state index in [1.807, 2.05) is 0 Å². The molecule has 2 N–H and O–H groups in total. The smallest absolute Gasteiger partial charge is 0.305 e. The first kappa shape index (κ1) is 12.3. The van der Waals surface area contributed by atoms with Crippen LogP contribution in [0.5, 0.6) is 0 Å². The Kier molecular flexibility index (Phi) is 5.60. The molecule has 0 aromatic heterocycles. The molecule has 78 valence electrons. The summed E-state index contributed by atoms with van der Waals surface area (Å²) in [5, 5.41) is 8.26. The molecular formula is C6H12O6S. The second-order valence-corrected chi connectivity index (χ2v) is 3.91.